The van der Waals surface area contributed by atoms with Crippen LogP contribution in [0.3, 0.4) is 0 Å². The topological polar surface area (TPSA) is 58.1 Å². The van der Waals surface area contributed by atoms with Crippen molar-refractivity contribution < 1.29 is 9.47 Å². The number of nitrogens with zero attached hydrogens (tertiary/aromatic N) is 2. The van der Waals surface area contributed by atoms with Crippen LogP contribution in [-0.2, 0) is 6.54 Å². The zero-order chi connectivity index (χ0) is 21.2. The van der Waals surface area contributed by atoms with Crippen molar-refractivity contribution in [2.24, 2.45) is 4.99 Å². The number of halogens is 1. The first kappa shape index (κ1) is 24.7. The van der Waals surface area contributed by atoms with Crippen LogP contribution >= 0.6 is 24.0 Å². The molecule has 2 aromatic carbocycles. The molecular weight excluding hydrogens is 503 g/mol. The van der Waals surface area contributed by atoms with Gasteiger partial charge in [0, 0.05) is 31.4 Å². The number of terminal acetylenes is 1. The van der Waals surface area contributed by atoms with Crippen molar-refractivity contribution in [3.05, 3.63) is 54.1 Å². The lowest BCUT2D eigenvalue weighted by Gasteiger charge is -2.20. The van der Waals surface area contributed by atoms with Gasteiger partial charge in [0.1, 0.15) is 6.61 Å². The second-order valence-corrected chi connectivity index (χ2v) is 7.08. The van der Waals surface area contributed by atoms with Gasteiger partial charge in [-0.25, -0.2) is 4.99 Å². The molecule has 1 atom stereocenters. The fourth-order valence-corrected chi connectivity index (χ4v) is 3.49. The molecule has 0 spiro atoms. The number of aliphatic imine (C=N–C) groups is 1. The molecule has 166 valence electrons. The van der Waals surface area contributed by atoms with E-state index in [-0.39, 0.29) is 30.6 Å². The minimum atomic E-state index is 0. The Balaban J connectivity index is 0.00000341. The SMILES string of the molecule is C#CCOc1cc(CN=C(NCC)NC2CCN(c3ccccc3)C2)ccc1OC.I. The maximum Gasteiger partial charge on any atom is 0.191 e. The second-order valence-electron chi connectivity index (χ2n) is 7.08. The molecule has 1 fully saturated rings. The highest BCUT2D eigenvalue weighted by atomic mass is 127. The van der Waals surface area contributed by atoms with Crippen molar-refractivity contribution >= 4 is 35.6 Å². The van der Waals surface area contributed by atoms with Gasteiger partial charge >= 0.3 is 0 Å². The van der Waals surface area contributed by atoms with Gasteiger partial charge in [-0.15, -0.1) is 30.4 Å². The fourth-order valence-electron chi connectivity index (χ4n) is 3.49. The normalized spacial score (nSPS) is 15.6. The first-order valence-corrected chi connectivity index (χ1v) is 10.3. The first-order valence-electron chi connectivity index (χ1n) is 10.3. The van der Waals surface area contributed by atoms with E-state index in [9.17, 15) is 0 Å². The molecule has 7 heteroatoms. The Bertz CT molecular complexity index is 883. The summed E-state index contributed by atoms with van der Waals surface area (Å²) >= 11 is 0. The third-order valence-corrected chi connectivity index (χ3v) is 4.95. The van der Waals surface area contributed by atoms with Crippen molar-refractivity contribution in [2.45, 2.75) is 25.9 Å². The van der Waals surface area contributed by atoms with E-state index in [4.69, 9.17) is 20.9 Å². The summed E-state index contributed by atoms with van der Waals surface area (Å²) in [6, 6.07) is 16.7. The number of guanidine groups is 1. The number of hydrogen-bond donors (Lipinski definition) is 2. The van der Waals surface area contributed by atoms with Gasteiger partial charge in [0.15, 0.2) is 17.5 Å². The highest BCUT2D eigenvalue weighted by Gasteiger charge is 2.23. The molecular formula is C24H31IN4O2. The predicted octanol–water partition coefficient (Wildman–Crippen LogP) is 3.66. The fraction of sp³-hybridized carbons (Fsp3) is 0.375. The van der Waals surface area contributed by atoms with E-state index < -0.39 is 0 Å². The molecule has 1 saturated heterocycles. The van der Waals surface area contributed by atoms with Crippen LogP contribution in [0.4, 0.5) is 5.69 Å². The molecule has 0 amide bonds. The molecule has 2 N–H and O–H groups in total. The Hall–Kier alpha value is -2.60. The summed E-state index contributed by atoms with van der Waals surface area (Å²) < 4.78 is 10.9. The van der Waals surface area contributed by atoms with Crippen molar-refractivity contribution in [2.75, 3.05) is 38.3 Å². The van der Waals surface area contributed by atoms with Crippen molar-refractivity contribution in [3.8, 4) is 23.8 Å². The second kappa shape index (κ2) is 13.0. The monoisotopic (exact) mass is 534 g/mol. The smallest absolute Gasteiger partial charge is 0.191 e. The summed E-state index contributed by atoms with van der Waals surface area (Å²) in [5, 5.41) is 6.92. The Labute approximate surface area is 202 Å². The van der Waals surface area contributed by atoms with Crippen LogP contribution in [0.15, 0.2) is 53.5 Å². The van der Waals surface area contributed by atoms with E-state index in [0.29, 0.717) is 24.1 Å². The van der Waals surface area contributed by atoms with Crippen molar-refractivity contribution in [1.29, 1.82) is 0 Å². The average Bonchev–Trinajstić information content (AvgIpc) is 3.25. The van der Waals surface area contributed by atoms with Gasteiger partial charge in [0.25, 0.3) is 0 Å². The van der Waals surface area contributed by atoms with E-state index in [1.807, 2.05) is 24.3 Å². The molecule has 6 nitrogen and oxygen atoms in total. The Morgan fingerprint density at radius 1 is 1.23 bits per heavy atom. The molecule has 1 unspecified atom stereocenters. The predicted molar refractivity (Wildman–Crippen MR) is 138 cm³/mol. The van der Waals surface area contributed by atoms with Gasteiger partial charge in [-0.1, -0.05) is 30.2 Å². The van der Waals surface area contributed by atoms with Crippen molar-refractivity contribution in [3.63, 3.8) is 0 Å². The minimum Gasteiger partial charge on any atom is -0.493 e. The molecule has 0 bridgehead atoms. The van der Waals surface area contributed by atoms with Gasteiger partial charge in [-0.2, -0.15) is 0 Å². The molecule has 0 saturated carbocycles. The van der Waals surface area contributed by atoms with Gasteiger partial charge in [0.2, 0.25) is 0 Å². The number of ether oxygens (including phenoxy) is 2. The molecule has 0 aliphatic carbocycles. The molecule has 1 aliphatic heterocycles. The molecule has 2 aromatic rings. The molecule has 0 radical (unpaired) electrons. The third kappa shape index (κ3) is 7.24. The summed E-state index contributed by atoms with van der Waals surface area (Å²) in [6.07, 6.45) is 6.38. The van der Waals surface area contributed by atoms with Crippen LogP contribution < -0.4 is 25.0 Å². The van der Waals surface area contributed by atoms with Crippen LogP contribution in [-0.4, -0.2) is 45.4 Å². The van der Waals surface area contributed by atoms with Gasteiger partial charge in [0.05, 0.1) is 13.7 Å². The van der Waals surface area contributed by atoms with Crippen LogP contribution in [0, 0.1) is 12.3 Å². The molecule has 1 heterocycles. The van der Waals surface area contributed by atoms with Gasteiger partial charge in [-0.05, 0) is 43.2 Å². The number of benzene rings is 2. The highest BCUT2D eigenvalue weighted by molar-refractivity contribution is 14.0. The van der Waals surface area contributed by atoms with Gasteiger partial charge < -0.3 is 25.0 Å². The standard InChI is InChI=1S/C24H30N4O2.HI/c1-4-15-30-23-16-19(11-12-22(23)29-3)17-26-24(25-5-2)27-20-13-14-28(18-20)21-9-7-6-8-10-21;/h1,6-12,16,20H,5,13-15,17-18H2,2-3H3,(H2,25,26,27);1H. The lowest BCUT2D eigenvalue weighted by molar-refractivity contribution is 0.330. The van der Waals surface area contributed by atoms with Crippen molar-refractivity contribution in [1.82, 2.24) is 10.6 Å². The van der Waals surface area contributed by atoms with Crippen LogP contribution in [0.5, 0.6) is 11.5 Å². The Morgan fingerprint density at radius 3 is 2.74 bits per heavy atom. The maximum atomic E-state index is 5.59. The van der Waals surface area contributed by atoms with E-state index >= 15 is 0 Å². The highest BCUT2D eigenvalue weighted by Crippen LogP contribution is 2.28. The number of nitrogens with one attached hydrogen (secondary N) is 2. The number of methoxy groups -OCH3 is 1. The quantitative estimate of drug-likeness (QED) is 0.235. The van der Waals surface area contributed by atoms with Crippen LogP contribution in [0.25, 0.3) is 0 Å². The van der Waals surface area contributed by atoms with E-state index in [1.54, 1.807) is 7.11 Å². The molecule has 31 heavy (non-hydrogen) atoms. The summed E-state index contributed by atoms with van der Waals surface area (Å²) in [5.41, 5.74) is 2.29. The Morgan fingerprint density at radius 2 is 2.03 bits per heavy atom. The Kier molecular flexibility index (Phi) is 10.3. The average molecular weight is 534 g/mol. The zero-order valence-corrected chi connectivity index (χ0v) is 20.5. The maximum absolute atomic E-state index is 5.59. The minimum absolute atomic E-state index is 0. The van der Waals surface area contributed by atoms with E-state index in [0.717, 1.165) is 37.6 Å². The number of para-hydroxylation sites is 1. The summed E-state index contributed by atoms with van der Waals surface area (Å²) in [6.45, 7) is 5.60. The summed E-state index contributed by atoms with van der Waals surface area (Å²) in [5.74, 6) is 4.60. The molecule has 1 aliphatic rings. The van der Waals surface area contributed by atoms with Crippen LogP contribution in [0.1, 0.15) is 18.9 Å². The number of hydrogen-bond acceptors (Lipinski definition) is 4. The first-order chi connectivity index (χ1) is 14.7. The van der Waals surface area contributed by atoms with Gasteiger partial charge in [-0.3, -0.25) is 0 Å². The largest absolute Gasteiger partial charge is 0.493 e. The molecule has 0 aromatic heterocycles. The van der Waals surface area contributed by atoms with Crippen LogP contribution in [0.2, 0.25) is 0 Å². The summed E-state index contributed by atoms with van der Waals surface area (Å²) in [7, 11) is 1.61. The third-order valence-electron chi connectivity index (χ3n) is 4.95. The van der Waals surface area contributed by atoms with E-state index in [1.165, 1.54) is 5.69 Å². The zero-order valence-electron chi connectivity index (χ0n) is 18.1. The number of rotatable bonds is 8. The summed E-state index contributed by atoms with van der Waals surface area (Å²) in [4.78, 5) is 7.16. The number of anilines is 1. The lowest BCUT2D eigenvalue weighted by atomic mass is 10.2. The van der Waals surface area contributed by atoms with E-state index in [2.05, 4.69) is 52.6 Å². The lowest BCUT2D eigenvalue weighted by Crippen LogP contribution is -2.44. The molecule has 3 rings (SSSR count).